The molecule has 1 N–H and O–H groups in total. The van der Waals surface area contributed by atoms with E-state index < -0.39 is 0 Å². The molecule has 0 saturated carbocycles. The molecule has 1 saturated heterocycles. The van der Waals surface area contributed by atoms with Crippen LogP contribution in [0.4, 0.5) is 5.69 Å². The molecule has 132 valence electrons. The van der Waals surface area contributed by atoms with Crippen LogP contribution in [-0.2, 0) is 11.2 Å². The summed E-state index contributed by atoms with van der Waals surface area (Å²) in [5.74, 6) is 1.29. The highest BCUT2D eigenvalue weighted by atomic mass is 16.5. The molecule has 1 amide bonds. The lowest BCUT2D eigenvalue weighted by molar-refractivity contribution is -0.131. The zero-order valence-electron chi connectivity index (χ0n) is 14.5. The Morgan fingerprint density at radius 3 is 2.44 bits per heavy atom. The number of nitrogens with zero attached hydrogens (tertiary/aromatic N) is 2. The number of hydrogen-bond acceptors (Lipinski definition) is 4. The molecule has 0 spiro atoms. The number of carbonyl (C=O) groups excluding carboxylic acids is 1. The third kappa shape index (κ3) is 4.05. The lowest BCUT2D eigenvalue weighted by atomic mass is 10.1. The quantitative estimate of drug-likeness (QED) is 0.909. The number of anilines is 1. The van der Waals surface area contributed by atoms with Gasteiger partial charge in [0.2, 0.25) is 5.91 Å². The summed E-state index contributed by atoms with van der Waals surface area (Å²) >= 11 is 0. The fraction of sp³-hybridized carbons (Fsp3) is 0.350. The summed E-state index contributed by atoms with van der Waals surface area (Å²) in [5.41, 5.74) is 1.90. The topological polar surface area (TPSA) is 53.0 Å². The molecule has 0 unspecified atom stereocenters. The number of aromatic hydroxyl groups is 1. The van der Waals surface area contributed by atoms with Gasteiger partial charge in [-0.05, 0) is 30.2 Å². The summed E-state index contributed by atoms with van der Waals surface area (Å²) in [4.78, 5) is 16.5. The Morgan fingerprint density at radius 1 is 1.04 bits per heavy atom. The Morgan fingerprint density at radius 2 is 1.72 bits per heavy atom. The second-order valence-corrected chi connectivity index (χ2v) is 6.17. The van der Waals surface area contributed by atoms with E-state index in [0.29, 0.717) is 31.7 Å². The molecule has 0 radical (unpaired) electrons. The van der Waals surface area contributed by atoms with Gasteiger partial charge in [0, 0.05) is 32.6 Å². The van der Waals surface area contributed by atoms with Crippen molar-refractivity contribution in [2.45, 2.75) is 12.8 Å². The second-order valence-electron chi connectivity index (χ2n) is 6.17. The van der Waals surface area contributed by atoms with Gasteiger partial charge < -0.3 is 19.6 Å². The van der Waals surface area contributed by atoms with Crippen molar-refractivity contribution in [3.63, 3.8) is 0 Å². The number of phenols is 1. The van der Waals surface area contributed by atoms with Gasteiger partial charge in [0.15, 0.2) is 0 Å². The van der Waals surface area contributed by atoms with Crippen molar-refractivity contribution < 1.29 is 14.6 Å². The third-order valence-corrected chi connectivity index (χ3v) is 4.66. The predicted molar refractivity (Wildman–Crippen MR) is 98.2 cm³/mol. The summed E-state index contributed by atoms with van der Waals surface area (Å²) in [6, 6.07) is 15.2. The smallest absolute Gasteiger partial charge is 0.223 e. The number of ether oxygens (including phenoxy) is 1. The van der Waals surface area contributed by atoms with Crippen LogP contribution in [0.15, 0.2) is 48.5 Å². The maximum absolute atomic E-state index is 12.5. The van der Waals surface area contributed by atoms with Crippen LogP contribution >= 0.6 is 0 Å². The van der Waals surface area contributed by atoms with E-state index in [-0.39, 0.29) is 5.91 Å². The van der Waals surface area contributed by atoms with Crippen molar-refractivity contribution >= 4 is 11.6 Å². The Bertz CT molecular complexity index is 724. The van der Waals surface area contributed by atoms with E-state index in [4.69, 9.17) is 4.74 Å². The summed E-state index contributed by atoms with van der Waals surface area (Å²) in [5, 5.41) is 9.96. The highest BCUT2D eigenvalue weighted by Crippen LogP contribution is 2.27. The number of aryl methyl sites for hydroxylation is 1. The van der Waals surface area contributed by atoms with Crippen molar-refractivity contribution in [3.05, 3.63) is 54.1 Å². The molecular weight excluding hydrogens is 316 g/mol. The van der Waals surface area contributed by atoms with Gasteiger partial charge in [-0.25, -0.2) is 0 Å². The molecule has 1 heterocycles. The number of carbonyl (C=O) groups is 1. The normalized spacial score (nSPS) is 14.4. The van der Waals surface area contributed by atoms with E-state index in [1.165, 1.54) is 0 Å². The highest BCUT2D eigenvalue weighted by Gasteiger charge is 2.22. The van der Waals surface area contributed by atoms with Crippen molar-refractivity contribution in [3.8, 4) is 11.5 Å². The Labute approximate surface area is 148 Å². The zero-order valence-corrected chi connectivity index (χ0v) is 14.5. The van der Waals surface area contributed by atoms with Gasteiger partial charge in [-0.2, -0.15) is 0 Å². The Kier molecular flexibility index (Phi) is 5.43. The lowest BCUT2D eigenvalue weighted by Gasteiger charge is -2.36. The lowest BCUT2D eigenvalue weighted by Crippen LogP contribution is -2.48. The number of phenolic OH excluding ortho intramolecular Hbond substituents is 1. The zero-order chi connectivity index (χ0) is 17.6. The summed E-state index contributed by atoms with van der Waals surface area (Å²) < 4.78 is 5.34. The number of para-hydroxylation sites is 3. The monoisotopic (exact) mass is 340 g/mol. The van der Waals surface area contributed by atoms with Crippen LogP contribution in [0.5, 0.6) is 11.5 Å². The van der Waals surface area contributed by atoms with E-state index >= 15 is 0 Å². The minimum atomic E-state index is 0.169. The van der Waals surface area contributed by atoms with Gasteiger partial charge in [-0.1, -0.05) is 30.3 Å². The second kappa shape index (κ2) is 7.92. The first-order valence-corrected chi connectivity index (χ1v) is 8.61. The van der Waals surface area contributed by atoms with Crippen molar-refractivity contribution in [1.29, 1.82) is 0 Å². The number of amides is 1. The fourth-order valence-electron chi connectivity index (χ4n) is 3.24. The van der Waals surface area contributed by atoms with Crippen LogP contribution in [0.1, 0.15) is 12.0 Å². The number of rotatable bonds is 5. The van der Waals surface area contributed by atoms with Gasteiger partial charge in [0.25, 0.3) is 0 Å². The standard InChI is InChI=1S/C20H24N2O3/c1-25-19-9-5-2-6-16(19)10-11-20(24)22-14-12-21(13-15-22)17-7-3-4-8-18(17)23/h2-9,23H,10-15H2,1H3. The highest BCUT2D eigenvalue weighted by molar-refractivity contribution is 5.77. The average Bonchev–Trinajstić information content (AvgIpc) is 2.67. The van der Waals surface area contributed by atoms with Crippen LogP contribution in [0.25, 0.3) is 0 Å². The van der Waals surface area contributed by atoms with Gasteiger partial charge in [0.1, 0.15) is 11.5 Å². The van der Waals surface area contributed by atoms with Crippen molar-refractivity contribution in [2.24, 2.45) is 0 Å². The van der Waals surface area contributed by atoms with Gasteiger partial charge in [0.05, 0.1) is 12.8 Å². The van der Waals surface area contributed by atoms with Gasteiger partial charge >= 0.3 is 0 Å². The Balaban J connectivity index is 1.53. The molecule has 1 aliphatic rings. The van der Waals surface area contributed by atoms with Crippen LogP contribution < -0.4 is 9.64 Å². The number of benzene rings is 2. The molecule has 25 heavy (non-hydrogen) atoms. The van der Waals surface area contributed by atoms with Gasteiger partial charge in [-0.3, -0.25) is 4.79 Å². The van der Waals surface area contributed by atoms with E-state index in [0.717, 1.165) is 30.1 Å². The molecule has 1 aliphatic heterocycles. The van der Waals surface area contributed by atoms with Crippen molar-refractivity contribution in [1.82, 2.24) is 4.90 Å². The third-order valence-electron chi connectivity index (χ3n) is 4.66. The average molecular weight is 340 g/mol. The predicted octanol–water partition coefficient (Wildman–Crippen LogP) is 2.68. The van der Waals surface area contributed by atoms with Crippen molar-refractivity contribution in [2.75, 3.05) is 38.2 Å². The van der Waals surface area contributed by atoms with E-state index in [9.17, 15) is 9.90 Å². The molecule has 0 atom stereocenters. The SMILES string of the molecule is COc1ccccc1CCC(=O)N1CCN(c2ccccc2O)CC1. The maximum atomic E-state index is 12.5. The molecular formula is C20H24N2O3. The first kappa shape index (κ1) is 17.1. The number of methoxy groups -OCH3 is 1. The molecule has 1 fully saturated rings. The minimum absolute atomic E-state index is 0.169. The molecule has 3 rings (SSSR count). The molecule has 0 aromatic heterocycles. The molecule has 2 aromatic rings. The van der Waals surface area contributed by atoms with Crippen LogP contribution in [0, 0.1) is 0 Å². The largest absolute Gasteiger partial charge is 0.506 e. The van der Waals surface area contributed by atoms with Crippen LogP contribution in [0.2, 0.25) is 0 Å². The first-order chi connectivity index (χ1) is 12.2. The molecule has 0 bridgehead atoms. The first-order valence-electron chi connectivity index (χ1n) is 8.61. The van der Waals surface area contributed by atoms with Crippen LogP contribution in [0.3, 0.4) is 0 Å². The molecule has 2 aromatic carbocycles. The maximum Gasteiger partial charge on any atom is 0.223 e. The van der Waals surface area contributed by atoms with Crippen LogP contribution in [-0.4, -0.2) is 49.2 Å². The summed E-state index contributed by atoms with van der Waals surface area (Å²) in [7, 11) is 1.65. The number of piperazine rings is 1. The minimum Gasteiger partial charge on any atom is -0.506 e. The Hall–Kier alpha value is -2.69. The number of hydrogen-bond donors (Lipinski definition) is 1. The van der Waals surface area contributed by atoms with E-state index in [1.54, 1.807) is 13.2 Å². The fourth-order valence-corrected chi connectivity index (χ4v) is 3.24. The summed E-state index contributed by atoms with van der Waals surface area (Å²) in [6.07, 6.45) is 1.17. The van der Waals surface area contributed by atoms with Gasteiger partial charge in [-0.15, -0.1) is 0 Å². The molecule has 5 heteroatoms. The summed E-state index contributed by atoms with van der Waals surface area (Å²) in [6.45, 7) is 2.83. The molecule has 5 nitrogen and oxygen atoms in total. The van der Waals surface area contributed by atoms with E-state index in [2.05, 4.69) is 4.90 Å². The molecule has 0 aliphatic carbocycles. The van der Waals surface area contributed by atoms with E-state index in [1.807, 2.05) is 47.4 Å².